The van der Waals surface area contributed by atoms with Crippen molar-refractivity contribution in [1.29, 1.82) is 0 Å². The molecule has 0 saturated heterocycles. The second-order valence-electron chi connectivity index (χ2n) is 5.80. The van der Waals surface area contributed by atoms with E-state index in [4.69, 9.17) is 14.2 Å². The van der Waals surface area contributed by atoms with Crippen LogP contribution in [0.25, 0.3) is 0 Å². The van der Waals surface area contributed by atoms with Gasteiger partial charge in [-0.05, 0) is 45.0 Å². The van der Waals surface area contributed by atoms with Crippen molar-refractivity contribution in [3.63, 3.8) is 0 Å². The van der Waals surface area contributed by atoms with Crippen molar-refractivity contribution in [2.24, 2.45) is 0 Å². The number of carbonyl (C=O) groups is 2. The van der Waals surface area contributed by atoms with Gasteiger partial charge >= 0.3 is 6.09 Å². The maximum Gasteiger partial charge on any atom is 0.407 e. The zero-order valence-electron chi connectivity index (χ0n) is 14.0. The Morgan fingerprint density at radius 2 is 1.78 bits per heavy atom. The summed E-state index contributed by atoms with van der Waals surface area (Å²) in [7, 11) is 1.54. The van der Waals surface area contributed by atoms with Crippen LogP contribution in [0.1, 0.15) is 27.2 Å². The lowest BCUT2D eigenvalue weighted by Gasteiger charge is -2.19. The number of ether oxygens (including phenoxy) is 3. The highest BCUT2D eigenvalue weighted by molar-refractivity contribution is 5.91. The number of methoxy groups -OCH3 is 1. The molecule has 1 aromatic carbocycles. The minimum atomic E-state index is -0.557. The molecule has 0 aliphatic rings. The van der Waals surface area contributed by atoms with Crippen LogP contribution in [0.2, 0.25) is 0 Å². The normalized spacial score (nSPS) is 10.8. The Morgan fingerprint density at radius 3 is 2.35 bits per heavy atom. The highest BCUT2D eigenvalue weighted by Crippen LogP contribution is 2.15. The summed E-state index contributed by atoms with van der Waals surface area (Å²) in [5.74, 6) is 0.447. The van der Waals surface area contributed by atoms with E-state index in [1.807, 2.05) is 0 Å². The summed E-state index contributed by atoms with van der Waals surface area (Å²) in [4.78, 5) is 23.2. The zero-order chi connectivity index (χ0) is 17.3. The summed E-state index contributed by atoms with van der Waals surface area (Å²) in [6, 6.07) is 6.91. The van der Waals surface area contributed by atoms with Crippen LogP contribution in [0.5, 0.6) is 5.75 Å². The quantitative estimate of drug-likeness (QED) is 0.753. The maximum absolute atomic E-state index is 11.8. The molecule has 0 heterocycles. The van der Waals surface area contributed by atoms with Crippen LogP contribution in [-0.2, 0) is 14.3 Å². The van der Waals surface area contributed by atoms with Gasteiger partial charge in [0.2, 0.25) is 5.91 Å². The molecule has 128 valence electrons. The molecule has 2 amide bonds. The average molecular weight is 324 g/mol. The molecule has 0 bridgehead atoms. The lowest BCUT2D eigenvalue weighted by atomic mass is 10.2. The third kappa shape index (κ3) is 8.67. The van der Waals surface area contributed by atoms with Crippen LogP contribution in [-0.4, -0.2) is 38.0 Å². The van der Waals surface area contributed by atoms with Gasteiger partial charge in [-0.2, -0.15) is 0 Å². The first kappa shape index (κ1) is 18.8. The molecule has 0 aliphatic carbocycles. The van der Waals surface area contributed by atoms with Gasteiger partial charge in [-0.3, -0.25) is 4.79 Å². The summed E-state index contributed by atoms with van der Waals surface area (Å²) in [5, 5.41) is 5.26. The van der Waals surface area contributed by atoms with Crippen molar-refractivity contribution in [3.8, 4) is 5.75 Å². The van der Waals surface area contributed by atoms with Crippen LogP contribution in [0.4, 0.5) is 10.5 Å². The van der Waals surface area contributed by atoms with Crippen molar-refractivity contribution in [2.75, 3.05) is 25.8 Å². The van der Waals surface area contributed by atoms with E-state index in [1.54, 1.807) is 52.1 Å². The number of benzene rings is 1. The van der Waals surface area contributed by atoms with Crippen molar-refractivity contribution >= 4 is 17.7 Å². The van der Waals surface area contributed by atoms with Gasteiger partial charge in [-0.25, -0.2) is 4.79 Å². The van der Waals surface area contributed by atoms with E-state index in [0.29, 0.717) is 11.4 Å². The fraction of sp³-hybridized carbons (Fsp3) is 0.500. The minimum absolute atomic E-state index is 0.154. The SMILES string of the molecule is COCOc1ccc(NC(=O)CCNC(=O)OC(C)(C)C)cc1. The molecule has 0 saturated carbocycles. The number of anilines is 1. The van der Waals surface area contributed by atoms with Crippen molar-refractivity contribution < 1.29 is 23.8 Å². The van der Waals surface area contributed by atoms with Crippen LogP contribution in [0, 0.1) is 0 Å². The molecule has 1 rings (SSSR count). The molecule has 0 aliphatic heterocycles. The Morgan fingerprint density at radius 1 is 1.13 bits per heavy atom. The van der Waals surface area contributed by atoms with Gasteiger partial charge in [0.25, 0.3) is 0 Å². The maximum atomic E-state index is 11.8. The van der Waals surface area contributed by atoms with E-state index in [0.717, 1.165) is 0 Å². The molecule has 0 aromatic heterocycles. The fourth-order valence-corrected chi connectivity index (χ4v) is 1.58. The molecule has 0 atom stereocenters. The number of carbonyl (C=O) groups excluding carboxylic acids is 2. The standard InChI is InChI=1S/C16H24N2O5/c1-16(2,3)23-15(20)17-10-9-14(19)18-12-5-7-13(8-6-12)22-11-21-4/h5-8H,9-11H2,1-4H3,(H,17,20)(H,18,19). The number of nitrogens with one attached hydrogen (secondary N) is 2. The molecule has 23 heavy (non-hydrogen) atoms. The lowest BCUT2D eigenvalue weighted by Crippen LogP contribution is -2.34. The molecule has 7 nitrogen and oxygen atoms in total. The first-order valence-electron chi connectivity index (χ1n) is 7.28. The predicted octanol–water partition coefficient (Wildman–Crippen LogP) is 2.52. The average Bonchev–Trinajstić information content (AvgIpc) is 2.44. The summed E-state index contributed by atoms with van der Waals surface area (Å²) in [6.07, 6.45) is -0.383. The van der Waals surface area contributed by atoms with Gasteiger partial charge in [0.05, 0.1) is 0 Å². The van der Waals surface area contributed by atoms with Crippen molar-refractivity contribution in [2.45, 2.75) is 32.8 Å². The molecule has 0 spiro atoms. The summed E-state index contributed by atoms with van der Waals surface area (Å²) in [5.41, 5.74) is 0.0935. The van der Waals surface area contributed by atoms with E-state index >= 15 is 0 Å². The predicted molar refractivity (Wildman–Crippen MR) is 86.4 cm³/mol. The van der Waals surface area contributed by atoms with Gasteiger partial charge in [-0.1, -0.05) is 0 Å². The van der Waals surface area contributed by atoms with Crippen molar-refractivity contribution in [1.82, 2.24) is 5.32 Å². The summed E-state index contributed by atoms with van der Waals surface area (Å²) in [6.45, 7) is 5.70. The van der Waals surface area contributed by atoms with E-state index in [2.05, 4.69) is 10.6 Å². The van der Waals surface area contributed by atoms with Crippen LogP contribution in [0.3, 0.4) is 0 Å². The highest BCUT2D eigenvalue weighted by Gasteiger charge is 2.15. The Kier molecular flexibility index (Phi) is 7.34. The largest absolute Gasteiger partial charge is 0.468 e. The van der Waals surface area contributed by atoms with Gasteiger partial charge in [0.15, 0.2) is 6.79 Å². The Balaban J connectivity index is 2.29. The van der Waals surface area contributed by atoms with E-state index in [9.17, 15) is 9.59 Å². The second-order valence-corrected chi connectivity index (χ2v) is 5.80. The highest BCUT2D eigenvalue weighted by atomic mass is 16.7. The van der Waals surface area contributed by atoms with Crippen LogP contribution >= 0.6 is 0 Å². The molecule has 0 radical (unpaired) electrons. The van der Waals surface area contributed by atoms with Crippen LogP contribution < -0.4 is 15.4 Å². The Hall–Kier alpha value is -2.28. The number of hydrogen-bond acceptors (Lipinski definition) is 5. The summed E-state index contributed by atoms with van der Waals surface area (Å²) >= 11 is 0. The fourth-order valence-electron chi connectivity index (χ4n) is 1.58. The topological polar surface area (TPSA) is 85.9 Å². The number of hydrogen-bond donors (Lipinski definition) is 2. The Labute approximate surface area is 136 Å². The lowest BCUT2D eigenvalue weighted by molar-refractivity contribution is -0.116. The van der Waals surface area contributed by atoms with Gasteiger partial charge in [0, 0.05) is 25.8 Å². The van der Waals surface area contributed by atoms with Crippen LogP contribution in [0.15, 0.2) is 24.3 Å². The van der Waals surface area contributed by atoms with Gasteiger partial charge in [-0.15, -0.1) is 0 Å². The third-order valence-corrected chi connectivity index (χ3v) is 2.50. The van der Waals surface area contributed by atoms with Gasteiger partial charge in [0.1, 0.15) is 11.4 Å². The Bertz CT molecular complexity index is 508. The molecule has 1 aromatic rings. The van der Waals surface area contributed by atoms with E-state index in [1.165, 1.54) is 0 Å². The molecular formula is C16H24N2O5. The zero-order valence-corrected chi connectivity index (χ0v) is 14.0. The first-order valence-corrected chi connectivity index (χ1v) is 7.28. The monoisotopic (exact) mass is 324 g/mol. The number of rotatable bonds is 7. The minimum Gasteiger partial charge on any atom is -0.468 e. The second kappa shape index (κ2) is 8.99. The van der Waals surface area contributed by atoms with E-state index < -0.39 is 11.7 Å². The molecule has 2 N–H and O–H groups in total. The first-order chi connectivity index (χ1) is 10.8. The smallest absolute Gasteiger partial charge is 0.407 e. The third-order valence-electron chi connectivity index (χ3n) is 2.50. The van der Waals surface area contributed by atoms with Crippen molar-refractivity contribution in [3.05, 3.63) is 24.3 Å². The summed E-state index contributed by atoms with van der Waals surface area (Å²) < 4.78 is 15.1. The van der Waals surface area contributed by atoms with Gasteiger partial charge < -0.3 is 24.8 Å². The molecule has 7 heteroatoms. The molecule has 0 fully saturated rings. The molecule has 0 unspecified atom stereocenters. The number of amides is 2. The number of alkyl carbamates (subject to hydrolysis) is 1. The molecular weight excluding hydrogens is 300 g/mol. The van der Waals surface area contributed by atoms with E-state index in [-0.39, 0.29) is 25.7 Å².